The summed E-state index contributed by atoms with van der Waals surface area (Å²) < 4.78 is 0.950. The maximum atomic E-state index is 12.4. The van der Waals surface area contributed by atoms with Crippen molar-refractivity contribution in [3.05, 3.63) is 33.8 Å². The monoisotopic (exact) mass is 327 g/mol. The van der Waals surface area contributed by atoms with Crippen molar-refractivity contribution in [2.75, 3.05) is 6.54 Å². The minimum absolute atomic E-state index is 0.0317. The van der Waals surface area contributed by atoms with E-state index in [1.165, 1.54) is 0 Å². The minimum atomic E-state index is -0.898. The van der Waals surface area contributed by atoms with Gasteiger partial charge in [-0.1, -0.05) is 15.9 Å². The van der Waals surface area contributed by atoms with Crippen LogP contribution in [0.15, 0.2) is 22.7 Å². The molecule has 0 heterocycles. The number of carboxylic acid groups (broad SMARTS) is 1. The number of rotatable bonds is 5. The van der Waals surface area contributed by atoms with E-state index in [1.807, 2.05) is 32.9 Å². The van der Waals surface area contributed by atoms with Gasteiger partial charge in [0.15, 0.2) is 0 Å². The minimum Gasteiger partial charge on any atom is -0.481 e. The van der Waals surface area contributed by atoms with Crippen molar-refractivity contribution in [1.82, 2.24) is 4.90 Å². The lowest BCUT2D eigenvalue weighted by atomic mass is 10.1. The Kier molecular flexibility index (Phi) is 5.54. The lowest BCUT2D eigenvalue weighted by Crippen LogP contribution is -2.38. The first-order valence-electron chi connectivity index (χ1n) is 6.12. The summed E-state index contributed by atoms with van der Waals surface area (Å²) >= 11 is 3.39. The Balaban J connectivity index is 2.92. The Morgan fingerprint density at radius 2 is 2.00 bits per heavy atom. The summed E-state index contributed by atoms with van der Waals surface area (Å²) in [6, 6.07) is 5.35. The molecule has 0 atom stereocenters. The van der Waals surface area contributed by atoms with Crippen LogP contribution in [-0.4, -0.2) is 34.5 Å². The van der Waals surface area contributed by atoms with E-state index in [0.29, 0.717) is 5.56 Å². The van der Waals surface area contributed by atoms with E-state index in [2.05, 4.69) is 15.9 Å². The van der Waals surface area contributed by atoms with Crippen LogP contribution >= 0.6 is 15.9 Å². The number of aryl methyl sites for hydroxylation is 1. The molecule has 0 aromatic heterocycles. The number of carbonyl (C=O) groups excluding carboxylic acids is 1. The van der Waals surface area contributed by atoms with Crippen LogP contribution in [0.4, 0.5) is 0 Å². The van der Waals surface area contributed by atoms with Crippen molar-refractivity contribution >= 4 is 27.8 Å². The average Bonchev–Trinajstić information content (AvgIpc) is 2.31. The number of hydrogen-bond donors (Lipinski definition) is 1. The average molecular weight is 328 g/mol. The van der Waals surface area contributed by atoms with Crippen molar-refractivity contribution in [3.63, 3.8) is 0 Å². The summed E-state index contributed by atoms with van der Waals surface area (Å²) in [4.78, 5) is 24.6. The smallest absolute Gasteiger partial charge is 0.305 e. The van der Waals surface area contributed by atoms with E-state index in [1.54, 1.807) is 11.0 Å². The highest BCUT2D eigenvalue weighted by Gasteiger charge is 2.19. The second kappa shape index (κ2) is 6.70. The maximum Gasteiger partial charge on any atom is 0.305 e. The number of carbonyl (C=O) groups is 2. The SMILES string of the molecule is Cc1cc(C(=O)N(CCC(=O)O)C(C)C)ccc1Br. The van der Waals surface area contributed by atoms with Gasteiger partial charge in [-0.2, -0.15) is 0 Å². The molecule has 5 heteroatoms. The molecule has 0 saturated heterocycles. The molecule has 0 aliphatic carbocycles. The first kappa shape index (κ1) is 15.7. The van der Waals surface area contributed by atoms with Crippen molar-refractivity contribution < 1.29 is 14.7 Å². The van der Waals surface area contributed by atoms with Gasteiger partial charge in [-0.25, -0.2) is 0 Å². The molecule has 0 bridgehead atoms. The largest absolute Gasteiger partial charge is 0.481 e. The fourth-order valence-corrected chi connectivity index (χ4v) is 2.00. The molecule has 4 nitrogen and oxygen atoms in total. The Hall–Kier alpha value is -1.36. The summed E-state index contributed by atoms with van der Waals surface area (Å²) in [7, 11) is 0. The molecule has 104 valence electrons. The third-order valence-electron chi connectivity index (χ3n) is 2.86. The zero-order valence-corrected chi connectivity index (χ0v) is 12.9. The number of hydrogen-bond acceptors (Lipinski definition) is 2. The van der Waals surface area contributed by atoms with E-state index >= 15 is 0 Å². The second-order valence-electron chi connectivity index (χ2n) is 4.70. The van der Waals surface area contributed by atoms with E-state index in [-0.39, 0.29) is 24.9 Å². The van der Waals surface area contributed by atoms with Crippen LogP contribution in [0.2, 0.25) is 0 Å². The van der Waals surface area contributed by atoms with E-state index < -0.39 is 5.97 Å². The molecule has 0 aliphatic heterocycles. The molecular weight excluding hydrogens is 310 g/mol. The van der Waals surface area contributed by atoms with E-state index in [0.717, 1.165) is 10.0 Å². The fourth-order valence-electron chi connectivity index (χ4n) is 1.75. The highest BCUT2D eigenvalue weighted by Crippen LogP contribution is 2.19. The number of benzene rings is 1. The molecule has 0 unspecified atom stereocenters. The van der Waals surface area contributed by atoms with Crippen molar-refractivity contribution in [2.45, 2.75) is 33.2 Å². The molecule has 1 rings (SSSR count). The van der Waals surface area contributed by atoms with Gasteiger partial charge in [0.25, 0.3) is 5.91 Å². The van der Waals surface area contributed by atoms with E-state index in [9.17, 15) is 9.59 Å². The summed E-state index contributed by atoms with van der Waals surface area (Å²) in [6.07, 6.45) is -0.0422. The van der Waals surface area contributed by atoms with Crippen LogP contribution in [0.25, 0.3) is 0 Å². The highest BCUT2D eigenvalue weighted by atomic mass is 79.9. The molecule has 0 radical (unpaired) electrons. The van der Waals surface area contributed by atoms with Crippen molar-refractivity contribution in [1.29, 1.82) is 0 Å². The molecular formula is C14H18BrNO3. The number of carboxylic acids is 1. The van der Waals surface area contributed by atoms with Gasteiger partial charge in [0.1, 0.15) is 0 Å². The maximum absolute atomic E-state index is 12.4. The van der Waals surface area contributed by atoms with Crippen LogP contribution in [0.3, 0.4) is 0 Å². The number of nitrogens with zero attached hydrogens (tertiary/aromatic N) is 1. The van der Waals surface area contributed by atoms with Crippen LogP contribution in [0.5, 0.6) is 0 Å². The zero-order chi connectivity index (χ0) is 14.6. The lowest BCUT2D eigenvalue weighted by Gasteiger charge is -2.26. The third kappa shape index (κ3) is 4.35. The third-order valence-corrected chi connectivity index (χ3v) is 3.75. The molecule has 1 aromatic rings. The first-order valence-corrected chi connectivity index (χ1v) is 6.91. The lowest BCUT2D eigenvalue weighted by molar-refractivity contribution is -0.137. The molecule has 0 spiro atoms. The molecule has 19 heavy (non-hydrogen) atoms. The summed E-state index contributed by atoms with van der Waals surface area (Å²) in [5, 5.41) is 8.73. The summed E-state index contributed by atoms with van der Waals surface area (Å²) in [5.74, 6) is -1.03. The highest BCUT2D eigenvalue weighted by molar-refractivity contribution is 9.10. The second-order valence-corrected chi connectivity index (χ2v) is 5.55. The molecule has 0 saturated carbocycles. The van der Waals surface area contributed by atoms with Crippen molar-refractivity contribution in [3.8, 4) is 0 Å². The Morgan fingerprint density at radius 3 is 2.47 bits per heavy atom. The summed E-state index contributed by atoms with van der Waals surface area (Å²) in [5.41, 5.74) is 1.56. The predicted octanol–water partition coefficient (Wildman–Crippen LogP) is 3.08. The number of halogens is 1. The van der Waals surface area contributed by atoms with Gasteiger partial charge >= 0.3 is 5.97 Å². The van der Waals surface area contributed by atoms with E-state index in [4.69, 9.17) is 5.11 Å². The van der Waals surface area contributed by atoms with Crippen LogP contribution in [0.1, 0.15) is 36.2 Å². The topological polar surface area (TPSA) is 57.6 Å². The Bertz CT molecular complexity index is 486. The standard InChI is InChI=1S/C14H18BrNO3/c1-9(2)16(7-6-13(17)18)14(19)11-4-5-12(15)10(3)8-11/h4-5,8-9H,6-7H2,1-3H3,(H,17,18). The van der Waals surface area contributed by atoms with Gasteiger partial charge in [-0.15, -0.1) is 0 Å². The molecule has 0 aliphatic rings. The number of amides is 1. The van der Waals surface area contributed by atoms with Gasteiger partial charge in [-0.3, -0.25) is 9.59 Å². The van der Waals surface area contributed by atoms with Gasteiger partial charge < -0.3 is 10.0 Å². The molecule has 1 aromatic carbocycles. The van der Waals surface area contributed by atoms with Gasteiger partial charge in [0, 0.05) is 22.6 Å². The molecule has 1 N–H and O–H groups in total. The van der Waals surface area contributed by atoms with Crippen LogP contribution in [0, 0.1) is 6.92 Å². The summed E-state index contributed by atoms with van der Waals surface area (Å²) in [6.45, 7) is 5.90. The van der Waals surface area contributed by atoms with Crippen LogP contribution in [-0.2, 0) is 4.79 Å². The predicted molar refractivity (Wildman–Crippen MR) is 77.3 cm³/mol. The van der Waals surface area contributed by atoms with Gasteiger partial charge in [0.2, 0.25) is 0 Å². The zero-order valence-electron chi connectivity index (χ0n) is 11.3. The Labute approximate surface area is 121 Å². The fraction of sp³-hybridized carbons (Fsp3) is 0.429. The normalized spacial score (nSPS) is 10.6. The van der Waals surface area contributed by atoms with Gasteiger partial charge in [-0.05, 0) is 44.5 Å². The quantitative estimate of drug-likeness (QED) is 0.904. The van der Waals surface area contributed by atoms with Crippen molar-refractivity contribution in [2.24, 2.45) is 0 Å². The first-order chi connectivity index (χ1) is 8.82. The molecule has 0 fully saturated rings. The van der Waals surface area contributed by atoms with Crippen LogP contribution < -0.4 is 0 Å². The Morgan fingerprint density at radius 1 is 1.37 bits per heavy atom. The van der Waals surface area contributed by atoms with Gasteiger partial charge in [0.05, 0.1) is 6.42 Å². The molecule has 1 amide bonds. The number of aliphatic carboxylic acids is 1.